The van der Waals surface area contributed by atoms with E-state index in [2.05, 4.69) is 10.3 Å². The summed E-state index contributed by atoms with van der Waals surface area (Å²) in [5.41, 5.74) is 6.60. The van der Waals surface area contributed by atoms with Crippen molar-refractivity contribution in [1.82, 2.24) is 19.8 Å². The summed E-state index contributed by atoms with van der Waals surface area (Å²) in [5.74, 6) is -3.14. The van der Waals surface area contributed by atoms with E-state index in [1.807, 2.05) is 60.7 Å². The van der Waals surface area contributed by atoms with Crippen LogP contribution in [0.5, 0.6) is 0 Å². The van der Waals surface area contributed by atoms with Crippen LogP contribution < -0.4 is 16.7 Å². The number of nitrogens with one attached hydrogen (secondary N) is 1. The standard InChI is InChI=1S/C32H35N5O8/c33-26-15-17-37(32(42)35-26)27-14-13-23(45-27)20-44-31(41)29(39)36-16-7-12-25(36)28(38)34-24(18-21-8-3-1-4-9-21)30(40)43-19-22-10-5-2-6-11-22/h1-6,8-11,15,17,23-25,27H,7,12-14,16,18-20H2,(H,34,38)(H2,33,35,42)/t23-,24+,25-,27+/m0/s1. The van der Waals surface area contributed by atoms with E-state index in [0.29, 0.717) is 25.7 Å². The van der Waals surface area contributed by atoms with Crippen LogP contribution in [0.25, 0.3) is 0 Å². The zero-order valence-corrected chi connectivity index (χ0v) is 24.6. The van der Waals surface area contributed by atoms with Crippen LogP contribution in [0, 0.1) is 0 Å². The summed E-state index contributed by atoms with van der Waals surface area (Å²) in [6, 6.07) is 17.9. The molecule has 0 bridgehead atoms. The molecule has 4 atom stereocenters. The van der Waals surface area contributed by atoms with E-state index in [4.69, 9.17) is 19.9 Å². The Labute approximate surface area is 259 Å². The Bertz CT molecular complexity index is 1560. The Balaban J connectivity index is 1.16. The molecule has 5 rings (SSSR count). The van der Waals surface area contributed by atoms with Gasteiger partial charge in [0, 0.05) is 19.2 Å². The fraction of sp³-hybridized carbons (Fsp3) is 0.375. The Morgan fingerprint density at radius 1 is 0.956 bits per heavy atom. The molecule has 236 valence electrons. The van der Waals surface area contributed by atoms with Gasteiger partial charge in [-0.25, -0.2) is 14.4 Å². The molecule has 13 heteroatoms. The lowest BCUT2D eigenvalue weighted by Gasteiger charge is -2.25. The number of esters is 2. The highest BCUT2D eigenvalue weighted by atomic mass is 16.6. The van der Waals surface area contributed by atoms with Crippen molar-refractivity contribution >= 4 is 29.6 Å². The van der Waals surface area contributed by atoms with Gasteiger partial charge in [0.2, 0.25) is 5.91 Å². The monoisotopic (exact) mass is 617 g/mol. The third kappa shape index (κ3) is 8.12. The number of aromatic nitrogens is 2. The molecular formula is C32H35N5O8. The molecule has 0 aliphatic carbocycles. The summed E-state index contributed by atoms with van der Waals surface area (Å²) in [6.45, 7) is 0.0258. The van der Waals surface area contributed by atoms with Gasteiger partial charge in [-0.2, -0.15) is 4.98 Å². The van der Waals surface area contributed by atoms with Crippen LogP contribution in [0.2, 0.25) is 0 Å². The number of nitrogens with zero attached hydrogens (tertiary/aromatic N) is 3. The van der Waals surface area contributed by atoms with E-state index in [9.17, 15) is 24.0 Å². The van der Waals surface area contributed by atoms with Crippen molar-refractivity contribution in [2.24, 2.45) is 0 Å². The minimum Gasteiger partial charge on any atom is -0.459 e. The van der Waals surface area contributed by atoms with Crippen molar-refractivity contribution in [3.8, 4) is 0 Å². The molecule has 13 nitrogen and oxygen atoms in total. The number of hydrogen-bond donors (Lipinski definition) is 2. The predicted octanol–water partition coefficient (Wildman–Crippen LogP) is 1.51. The zero-order valence-electron chi connectivity index (χ0n) is 24.6. The molecule has 1 aromatic heterocycles. The maximum Gasteiger partial charge on any atom is 0.397 e. The molecule has 2 aromatic carbocycles. The van der Waals surface area contributed by atoms with E-state index in [0.717, 1.165) is 11.1 Å². The number of nitrogen functional groups attached to an aromatic ring is 1. The first kappa shape index (κ1) is 31.4. The lowest BCUT2D eigenvalue weighted by Crippen LogP contribution is -2.53. The highest BCUT2D eigenvalue weighted by Gasteiger charge is 2.39. The maximum atomic E-state index is 13.4. The van der Waals surface area contributed by atoms with Gasteiger partial charge in [0.1, 0.15) is 37.3 Å². The molecule has 3 N–H and O–H groups in total. The fourth-order valence-corrected chi connectivity index (χ4v) is 5.43. The topological polar surface area (TPSA) is 172 Å². The number of nitrogens with two attached hydrogens (primary N) is 1. The molecule has 2 amide bonds. The predicted molar refractivity (Wildman–Crippen MR) is 160 cm³/mol. The van der Waals surface area contributed by atoms with E-state index >= 15 is 0 Å². The second-order valence-corrected chi connectivity index (χ2v) is 10.9. The third-order valence-corrected chi connectivity index (χ3v) is 7.75. The Morgan fingerprint density at radius 2 is 1.67 bits per heavy atom. The van der Waals surface area contributed by atoms with Gasteiger partial charge in [0.05, 0.1) is 6.10 Å². The van der Waals surface area contributed by atoms with Crippen molar-refractivity contribution in [2.45, 2.75) is 63.1 Å². The second-order valence-electron chi connectivity index (χ2n) is 10.9. The van der Waals surface area contributed by atoms with Crippen LogP contribution in [0.4, 0.5) is 5.82 Å². The molecule has 45 heavy (non-hydrogen) atoms. The molecule has 2 aliphatic rings. The van der Waals surface area contributed by atoms with Crippen molar-refractivity contribution in [3.63, 3.8) is 0 Å². The lowest BCUT2D eigenvalue weighted by atomic mass is 10.1. The molecule has 2 fully saturated rings. The number of likely N-dealkylation sites (tertiary alicyclic amines) is 1. The zero-order chi connectivity index (χ0) is 31.8. The van der Waals surface area contributed by atoms with E-state index in [-0.39, 0.29) is 32.0 Å². The van der Waals surface area contributed by atoms with E-state index < -0.39 is 53.9 Å². The van der Waals surface area contributed by atoms with Gasteiger partial charge in [0.15, 0.2) is 0 Å². The highest BCUT2D eigenvalue weighted by Crippen LogP contribution is 2.27. The smallest absolute Gasteiger partial charge is 0.397 e. The first-order valence-electron chi connectivity index (χ1n) is 14.8. The summed E-state index contributed by atoms with van der Waals surface area (Å²) in [4.78, 5) is 69.3. The fourth-order valence-electron chi connectivity index (χ4n) is 5.43. The lowest BCUT2D eigenvalue weighted by molar-refractivity contribution is -0.164. The second kappa shape index (κ2) is 14.6. The molecule has 3 heterocycles. The number of ether oxygens (including phenoxy) is 3. The first-order valence-corrected chi connectivity index (χ1v) is 14.8. The van der Waals surface area contributed by atoms with Gasteiger partial charge in [0.25, 0.3) is 0 Å². The number of hydrogen-bond acceptors (Lipinski definition) is 10. The molecule has 0 unspecified atom stereocenters. The molecule has 0 radical (unpaired) electrons. The van der Waals surface area contributed by atoms with Gasteiger partial charge in [-0.1, -0.05) is 60.7 Å². The van der Waals surface area contributed by atoms with Crippen molar-refractivity contribution in [3.05, 3.63) is 94.5 Å². The minimum absolute atomic E-state index is 0.0414. The number of carbonyl (C=O) groups excluding carboxylic acids is 4. The summed E-state index contributed by atoms with van der Waals surface area (Å²) in [5, 5.41) is 2.75. The molecule has 3 aromatic rings. The maximum absolute atomic E-state index is 13.4. The molecule has 2 saturated heterocycles. The van der Waals surface area contributed by atoms with Crippen LogP contribution in [0.3, 0.4) is 0 Å². The molecular weight excluding hydrogens is 582 g/mol. The number of benzene rings is 2. The van der Waals surface area contributed by atoms with Gasteiger partial charge in [-0.3, -0.25) is 14.2 Å². The summed E-state index contributed by atoms with van der Waals surface area (Å²) in [7, 11) is 0. The average molecular weight is 618 g/mol. The molecule has 0 spiro atoms. The van der Waals surface area contributed by atoms with Crippen molar-refractivity contribution in [1.29, 1.82) is 0 Å². The SMILES string of the molecule is Nc1ccn([C@H]2CC[C@@H](COC(=O)C(=O)N3CCC[C@H]3C(=O)N[C@H](Cc3ccccc3)C(=O)OCc3ccccc3)O2)c(=O)n1. The van der Waals surface area contributed by atoms with Crippen LogP contribution in [-0.4, -0.2) is 69.5 Å². The highest BCUT2D eigenvalue weighted by molar-refractivity contribution is 6.32. The number of carbonyl (C=O) groups is 4. The number of anilines is 1. The van der Waals surface area contributed by atoms with Gasteiger partial charge < -0.3 is 30.2 Å². The van der Waals surface area contributed by atoms with Gasteiger partial charge in [-0.15, -0.1) is 0 Å². The number of amides is 2. The number of rotatable bonds is 10. The van der Waals surface area contributed by atoms with Gasteiger partial charge >= 0.3 is 23.5 Å². The molecule has 2 aliphatic heterocycles. The van der Waals surface area contributed by atoms with Crippen LogP contribution >= 0.6 is 0 Å². The van der Waals surface area contributed by atoms with Gasteiger partial charge in [-0.05, 0) is 42.9 Å². The molecule has 0 saturated carbocycles. The van der Waals surface area contributed by atoms with E-state index in [1.54, 1.807) is 0 Å². The van der Waals surface area contributed by atoms with Crippen LogP contribution in [0.1, 0.15) is 43.0 Å². The quantitative estimate of drug-likeness (QED) is 0.251. The summed E-state index contributed by atoms with van der Waals surface area (Å²) >= 11 is 0. The van der Waals surface area contributed by atoms with Crippen molar-refractivity contribution in [2.75, 3.05) is 18.9 Å². The average Bonchev–Trinajstić information content (AvgIpc) is 3.73. The Hall–Kier alpha value is -5.04. The first-order chi connectivity index (χ1) is 21.8. The van der Waals surface area contributed by atoms with Crippen molar-refractivity contribution < 1.29 is 33.4 Å². The minimum atomic E-state index is -1.11. The largest absolute Gasteiger partial charge is 0.459 e. The summed E-state index contributed by atoms with van der Waals surface area (Å²) < 4.78 is 17.9. The Morgan fingerprint density at radius 3 is 2.38 bits per heavy atom. The summed E-state index contributed by atoms with van der Waals surface area (Å²) in [6.07, 6.45) is 2.32. The van der Waals surface area contributed by atoms with Crippen LogP contribution in [-0.2, 0) is 46.4 Å². The Kier molecular flexibility index (Phi) is 10.2. The van der Waals surface area contributed by atoms with E-state index in [1.165, 1.54) is 21.7 Å². The third-order valence-electron chi connectivity index (χ3n) is 7.75. The normalized spacial score (nSPS) is 19.9. The van der Waals surface area contributed by atoms with Crippen LogP contribution in [0.15, 0.2) is 77.7 Å².